The second-order valence-corrected chi connectivity index (χ2v) is 5.48. The summed E-state index contributed by atoms with van der Waals surface area (Å²) < 4.78 is 4.61. The second kappa shape index (κ2) is 4.16. The summed E-state index contributed by atoms with van der Waals surface area (Å²) in [5, 5.41) is 21.0. The zero-order chi connectivity index (χ0) is 10.8. The first-order valence-electron chi connectivity index (χ1n) is 4.10. The summed E-state index contributed by atoms with van der Waals surface area (Å²) >= 11 is 2.38. The fourth-order valence-corrected chi connectivity index (χ4v) is 3.88. The highest BCUT2D eigenvalue weighted by atomic mass is 32.2. The van der Waals surface area contributed by atoms with Crippen LogP contribution in [0.25, 0.3) is 0 Å². The largest absolute Gasteiger partial charge is 0.472 e. The zero-order valence-corrected chi connectivity index (χ0v) is 9.03. The average molecular weight is 242 g/mol. The van der Waals surface area contributed by atoms with Gasteiger partial charge in [-0.2, -0.15) is 5.26 Å². The fourth-order valence-electron chi connectivity index (χ4n) is 1.43. The molecule has 7 heteroatoms. The van der Waals surface area contributed by atoms with Gasteiger partial charge in [0.15, 0.2) is 0 Å². The van der Waals surface area contributed by atoms with Gasteiger partial charge in [0.05, 0.1) is 12.5 Å². The van der Waals surface area contributed by atoms with Gasteiger partial charge in [0.25, 0.3) is 6.04 Å². The molecule has 0 unspecified atom stereocenters. The van der Waals surface area contributed by atoms with E-state index in [9.17, 15) is 10.1 Å². The number of thiocyanates is 1. The van der Waals surface area contributed by atoms with Crippen molar-refractivity contribution in [3.63, 3.8) is 0 Å². The Bertz CT molecular complexity index is 401. The Morgan fingerprint density at radius 1 is 1.73 bits per heavy atom. The van der Waals surface area contributed by atoms with Crippen LogP contribution in [0.15, 0.2) is 23.0 Å². The predicted octanol–water partition coefficient (Wildman–Crippen LogP) is 2.25. The Morgan fingerprint density at radius 3 is 3.07 bits per heavy atom. The van der Waals surface area contributed by atoms with Gasteiger partial charge in [0.2, 0.25) is 0 Å². The third-order valence-corrected chi connectivity index (χ3v) is 4.78. The van der Waals surface area contributed by atoms with E-state index < -0.39 is 6.04 Å². The Kier molecular flexibility index (Phi) is 2.88. The van der Waals surface area contributed by atoms with Gasteiger partial charge in [0.1, 0.15) is 15.2 Å². The van der Waals surface area contributed by atoms with Crippen molar-refractivity contribution in [1.82, 2.24) is 0 Å². The maximum atomic E-state index is 10.8. The highest BCUT2D eigenvalue weighted by molar-refractivity contribution is 8.20. The number of hydrogen-bond donors (Lipinski definition) is 0. The van der Waals surface area contributed by atoms with Gasteiger partial charge in [-0.3, -0.25) is 10.1 Å². The highest BCUT2D eigenvalue weighted by Gasteiger charge is 2.52. The van der Waals surface area contributed by atoms with Crippen LogP contribution in [0.3, 0.4) is 0 Å². The van der Waals surface area contributed by atoms with Crippen molar-refractivity contribution in [1.29, 1.82) is 5.26 Å². The zero-order valence-electron chi connectivity index (χ0n) is 7.40. The molecule has 0 bridgehead atoms. The molecule has 15 heavy (non-hydrogen) atoms. The third-order valence-electron chi connectivity index (χ3n) is 2.15. The number of rotatable bonds is 3. The lowest BCUT2D eigenvalue weighted by molar-refractivity contribution is -0.522. The molecule has 0 amide bonds. The summed E-state index contributed by atoms with van der Waals surface area (Å²) in [6.45, 7) is 0. The van der Waals surface area contributed by atoms with E-state index in [0.717, 1.165) is 17.3 Å². The molecule has 0 N–H and O–H groups in total. The van der Waals surface area contributed by atoms with E-state index >= 15 is 0 Å². The molecule has 5 nitrogen and oxygen atoms in total. The van der Waals surface area contributed by atoms with Gasteiger partial charge in [-0.25, -0.2) is 0 Å². The number of nitrogens with zero attached hydrogens (tertiary/aromatic N) is 2. The summed E-state index contributed by atoms with van der Waals surface area (Å²) in [7, 11) is 0. The van der Waals surface area contributed by atoms with E-state index in [-0.39, 0.29) is 14.8 Å². The quantitative estimate of drug-likeness (QED) is 0.459. The SMILES string of the molecule is N#CS[C@@H]1S[C@H](c2ccoc2)[C@H]1[N+](=O)[O-]. The number of thioether (sulfide) groups is 2. The van der Waals surface area contributed by atoms with E-state index in [1.165, 1.54) is 24.3 Å². The molecule has 1 aromatic rings. The summed E-state index contributed by atoms with van der Waals surface area (Å²) in [6.07, 6.45) is 3.01. The first-order valence-corrected chi connectivity index (χ1v) is 5.92. The van der Waals surface area contributed by atoms with E-state index in [1.807, 2.05) is 5.40 Å². The molecule has 1 aliphatic rings. The van der Waals surface area contributed by atoms with Crippen molar-refractivity contribution in [3.05, 3.63) is 34.3 Å². The number of furan rings is 1. The molecule has 0 spiro atoms. The lowest BCUT2D eigenvalue weighted by atomic mass is 10.1. The molecule has 2 heterocycles. The van der Waals surface area contributed by atoms with Crippen LogP contribution in [0, 0.1) is 20.8 Å². The summed E-state index contributed by atoms with van der Waals surface area (Å²) in [5.41, 5.74) is 0.816. The molecule has 78 valence electrons. The van der Waals surface area contributed by atoms with Crippen LogP contribution in [0.1, 0.15) is 10.8 Å². The summed E-state index contributed by atoms with van der Waals surface area (Å²) in [5.74, 6) is 0. The lowest BCUT2D eigenvalue weighted by Crippen LogP contribution is -2.43. The van der Waals surface area contributed by atoms with Gasteiger partial charge in [-0.1, -0.05) is 0 Å². The van der Waals surface area contributed by atoms with Crippen LogP contribution in [0.2, 0.25) is 0 Å². The van der Waals surface area contributed by atoms with Crippen molar-refractivity contribution in [3.8, 4) is 5.40 Å². The van der Waals surface area contributed by atoms with Crippen LogP contribution in [0.5, 0.6) is 0 Å². The third kappa shape index (κ3) is 1.82. The molecule has 1 aliphatic heterocycles. The molecule has 2 rings (SSSR count). The van der Waals surface area contributed by atoms with Crippen molar-refractivity contribution in [2.24, 2.45) is 0 Å². The second-order valence-electron chi connectivity index (χ2n) is 2.97. The topological polar surface area (TPSA) is 80.1 Å². The fraction of sp³-hybridized carbons (Fsp3) is 0.375. The van der Waals surface area contributed by atoms with E-state index in [4.69, 9.17) is 9.68 Å². The minimum atomic E-state index is -0.697. The number of nitro groups is 1. The van der Waals surface area contributed by atoms with Gasteiger partial charge in [-0.15, -0.1) is 11.8 Å². The molecule has 0 aliphatic carbocycles. The van der Waals surface area contributed by atoms with Crippen molar-refractivity contribution in [2.45, 2.75) is 15.9 Å². The van der Waals surface area contributed by atoms with Gasteiger partial charge in [-0.05, 0) is 17.8 Å². The molecule has 1 aromatic heterocycles. The van der Waals surface area contributed by atoms with E-state index in [2.05, 4.69) is 0 Å². The molecular weight excluding hydrogens is 236 g/mol. The molecule has 0 saturated carbocycles. The standard InChI is InChI=1S/C8H6N2O3S2/c9-4-14-8-6(10(11)12)7(15-8)5-1-2-13-3-5/h1-3,6-8H/t6-,7-,8-/m1/s1. The maximum absolute atomic E-state index is 10.8. The Labute approximate surface area is 94.0 Å². The van der Waals surface area contributed by atoms with Crippen molar-refractivity contribution in [2.75, 3.05) is 0 Å². The summed E-state index contributed by atoms with van der Waals surface area (Å²) in [6, 6.07) is 1.03. The maximum Gasteiger partial charge on any atom is 0.250 e. The average Bonchev–Trinajstić information content (AvgIpc) is 2.62. The van der Waals surface area contributed by atoms with Crippen LogP contribution in [-0.4, -0.2) is 15.5 Å². The Hall–Kier alpha value is -1.13. The van der Waals surface area contributed by atoms with E-state index in [1.54, 1.807) is 6.07 Å². The Balaban J connectivity index is 2.11. The first-order chi connectivity index (χ1) is 7.24. The minimum absolute atomic E-state index is 0.190. The van der Waals surface area contributed by atoms with Crippen molar-refractivity contribution < 1.29 is 9.34 Å². The smallest absolute Gasteiger partial charge is 0.250 e. The monoisotopic (exact) mass is 242 g/mol. The van der Waals surface area contributed by atoms with Gasteiger partial charge < -0.3 is 4.42 Å². The van der Waals surface area contributed by atoms with Gasteiger partial charge >= 0.3 is 0 Å². The first kappa shape index (κ1) is 10.4. The van der Waals surface area contributed by atoms with Crippen LogP contribution in [0.4, 0.5) is 0 Å². The molecular formula is C8H6N2O3S2. The van der Waals surface area contributed by atoms with Crippen LogP contribution < -0.4 is 0 Å². The molecule has 1 saturated heterocycles. The molecule has 3 atom stereocenters. The minimum Gasteiger partial charge on any atom is -0.472 e. The highest BCUT2D eigenvalue weighted by Crippen LogP contribution is 2.54. The number of hydrogen-bond acceptors (Lipinski definition) is 6. The normalized spacial score (nSPS) is 29.1. The lowest BCUT2D eigenvalue weighted by Gasteiger charge is -2.34. The molecule has 0 aromatic carbocycles. The van der Waals surface area contributed by atoms with Gasteiger partial charge in [0, 0.05) is 10.5 Å². The van der Waals surface area contributed by atoms with Crippen LogP contribution in [-0.2, 0) is 0 Å². The molecule has 1 fully saturated rings. The van der Waals surface area contributed by atoms with E-state index in [0.29, 0.717) is 0 Å². The number of nitriles is 1. The van der Waals surface area contributed by atoms with Crippen LogP contribution >= 0.6 is 23.5 Å². The molecule has 0 radical (unpaired) electrons. The predicted molar refractivity (Wildman–Crippen MR) is 56.8 cm³/mol. The summed E-state index contributed by atoms with van der Waals surface area (Å²) in [4.78, 5) is 10.5. The van der Waals surface area contributed by atoms with Crippen molar-refractivity contribution >= 4 is 23.5 Å². The Morgan fingerprint density at radius 2 is 2.53 bits per heavy atom.